The van der Waals surface area contributed by atoms with E-state index in [4.69, 9.17) is 23.2 Å². The maximum atomic E-state index is 6.03. The lowest BCUT2D eigenvalue weighted by Gasteiger charge is -2.10. The minimum Gasteiger partial charge on any atom is -0.309 e. The molecule has 0 aliphatic rings. The highest BCUT2D eigenvalue weighted by Gasteiger charge is 2.07. The van der Waals surface area contributed by atoms with Crippen molar-refractivity contribution in [1.29, 1.82) is 0 Å². The van der Waals surface area contributed by atoms with Gasteiger partial charge in [0.25, 0.3) is 0 Å². The first-order valence-corrected chi connectivity index (χ1v) is 7.24. The third-order valence-electron chi connectivity index (χ3n) is 2.72. The normalized spacial score (nSPS) is 11.1. The molecule has 0 bridgehead atoms. The van der Waals surface area contributed by atoms with E-state index in [0.717, 1.165) is 17.0 Å². The number of nitrogens with one attached hydrogen (secondary N) is 1. The summed E-state index contributed by atoms with van der Waals surface area (Å²) in [6.45, 7) is 6.87. The zero-order chi connectivity index (χ0) is 14.7. The van der Waals surface area contributed by atoms with Crippen molar-refractivity contribution >= 4 is 23.2 Å². The van der Waals surface area contributed by atoms with Crippen molar-refractivity contribution < 1.29 is 0 Å². The molecule has 20 heavy (non-hydrogen) atoms. The largest absolute Gasteiger partial charge is 0.309 e. The van der Waals surface area contributed by atoms with Gasteiger partial charge in [0.15, 0.2) is 5.82 Å². The summed E-state index contributed by atoms with van der Waals surface area (Å²) in [5, 5.41) is 4.51. The maximum absolute atomic E-state index is 6.03. The van der Waals surface area contributed by atoms with Crippen LogP contribution in [0, 0.1) is 6.92 Å². The number of aromatic nitrogens is 2. The van der Waals surface area contributed by atoms with Gasteiger partial charge in [-0.3, -0.25) is 0 Å². The number of hydrogen-bond acceptors (Lipinski definition) is 3. The minimum atomic E-state index is 0.411. The fourth-order valence-corrected chi connectivity index (χ4v) is 2.37. The Labute approximate surface area is 129 Å². The standard InChI is InChI=1S/C15H17Cl2N3/c1-9(2)18-8-14-4-10(3)19-15(20-14)11-5-12(16)7-13(17)6-11/h4-7,9,18H,8H2,1-3H3. The SMILES string of the molecule is Cc1cc(CNC(C)C)nc(-c2cc(Cl)cc(Cl)c2)n1. The molecule has 0 fully saturated rings. The van der Waals surface area contributed by atoms with Gasteiger partial charge in [0.1, 0.15) is 0 Å². The average molecular weight is 310 g/mol. The molecule has 2 rings (SSSR count). The number of rotatable bonds is 4. The zero-order valence-electron chi connectivity index (χ0n) is 11.7. The minimum absolute atomic E-state index is 0.411. The summed E-state index contributed by atoms with van der Waals surface area (Å²) in [6, 6.07) is 7.73. The molecule has 106 valence electrons. The van der Waals surface area contributed by atoms with Crippen molar-refractivity contribution in [3.8, 4) is 11.4 Å². The molecule has 1 aromatic heterocycles. The highest BCUT2D eigenvalue weighted by Crippen LogP contribution is 2.25. The van der Waals surface area contributed by atoms with Crippen molar-refractivity contribution in [2.75, 3.05) is 0 Å². The number of hydrogen-bond donors (Lipinski definition) is 1. The molecular formula is C15H17Cl2N3. The van der Waals surface area contributed by atoms with E-state index >= 15 is 0 Å². The highest BCUT2D eigenvalue weighted by atomic mass is 35.5. The first-order chi connectivity index (χ1) is 9.44. The van der Waals surface area contributed by atoms with Crippen molar-refractivity contribution in [3.63, 3.8) is 0 Å². The Morgan fingerprint density at radius 3 is 2.30 bits per heavy atom. The van der Waals surface area contributed by atoms with Crippen LogP contribution in [0.4, 0.5) is 0 Å². The van der Waals surface area contributed by atoms with Gasteiger partial charge in [-0.2, -0.15) is 0 Å². The van der Waals surface area contributed by atoms with Crippen LogP contribution < -0.4 is 5.32 Å². The predicted molar refractivity (Wildman–Crippen MR) is 84.2 cm³/mol. The Balaban J connectivity index is 2.36. The summed E-state index contributed by atoms with van der Waals surface area (Å²) in [5.41, 5.74) is 2.71. The summed E-state index contributed by atoms with van der Waals surface area (Å²) in [7, 11) is 0. The molecule has 0 unspecified atom stereocenters. The van der Waals surface area contributed by atoms with Crippen LogP contribution in [-0.2, 0) is 6.54 Å². The van der Waals surface area contributed by atoms with Gasteiger partial charge in [0.2, 0.25) is 0 Å². The molecule has 5 heteroatoms. The third kappa shape index (κ3) is 4.17. The number of halogens is 2. The maximum Gasteiger partial charge on any atom is 0.159 e. The highest BCUT2D eigenvalue weighted by molar-refractivity contribution is 6.35. The quantitative estimate of drug-likeness (QED) is 0.917. The summed E-state index contributed by atoms with van der Waals surface area (Å²) in [6.07, 6.45) is 0. The average Bonchev–Trinajstić information content (AvgIpc) is 2.34. The van der Waals surface area contributed by atoms with Crippen molar-refractivity contribution in [1.82, 2.24) is 15.3 Å². The lowest BCUT2D eigenvalue weighted by Crippen LogP contribution is -2.22. The predicted octanol–water partition coefficient (Wildman–Crippen LogP) is 4.26. The van der Waals surface area contributed by atoms with Crippen LogP contribution in [-0.4, -0.2) is 16.0 Å². The molecular weight excluding hydrogens is 293 g/mol. The van der Waals surface area contributed by atoms with E-state index in [-0.39, 0.29) is 0 Å². The molecule has 2 aromatic rings. The first-order valence-electron chi connectivity index (χ1n) is 6.48. The molecule has 0 saturated carbocycles. The Bertz CT molecular complexity index is 592. The monoisotopic (exact) mass is 309 g/mol. The topological polar surface area (TPSA) is 37.8 Å². The molecule has 3 nitrogen and oxygen atoms in total. The van der Waals surface area contributed by atoms with Gasteiger partial charge in [-0.25, -0.2) is 9.97 Å². The van der Waals surface area contributed by atoms with Crippen LogP contribution in [0.1, 0.15) is 25.2 Å². The Hall–Kier alpha value is -1.16. The first kappa shape index (κ1) is 15.2. The van der Waals surface area contributed by atoms with E-state index in [1.54, 1.807) is 6.07 Å². The second kappa shape index (κ2) is 6.53. The number of benzene rings is 1. The van der Waals surface area contributed by atoms with E-state index in [1.165, 1.54) is 0 Å². The summed E-state index contributed by atoms with van der Waals surface area (Å²) < 4.78 is 0. The Morgan fingerprint density at radius 1 is 1.05 bits per heavy atom. The van der Waals surface area contributed by atoms with E-state index in [2.05, 4.69) is 29.1 Å². The fourth-order valence-electron chi connectivity index (χ4n) is 1.85. The smallest absolute Gasteiger partial charge is 0.159 e. The van der Waals surface area contributed by atoms with Crippen LogP contribution in [0.25, 0.3) is 11.4 Å². The van der Waals surface area contributed by atoms with Gasteiger partial charge < -0.3 is 5.32 Å². The van der Waals surface area contributed by atoms with Crippen LogP contribution in [0.15, 0.2) is 24.3 Å². The Morgan fingerprint density at radius 2 is 1.70 bits per heavy atom. The van der Waals surface area contributed by atoms with E-state index in [0.29, 0.717) is 28.5 Å². The fraction of sp³-hybridized carbons (Fsp3) is 0.333. The summed E-state index contributed by atoms with van der Waals surface area (Å²) in [5.74, 6) is 0.648. The van der Waals surface area contributed by atoms with Crippen molar-refractivity contribution in [2.24, 2.45) is 0 Å². The van der Waals surface area contributed by atoms with Crippen molar-refractivity contribution in [2.45, 2.75) is 33.4 Å². The van der Waals surface area contributed by atoms with Gasteiger partial charge in [-0.1, -0.05) is 37.0 Å². The van der Waals surface area contributed by atoms with Crippen LogP contribution in [0.2, 0.25) is 10.0 Å². The molecule has 1 aromatic carbocycles. The molecule has 1 heterocycles. The molecule has 0 aliphatic heterocycles. The summed E-state index contributed by atoms with van der Waals surface area (Å²) >= 11 is 12.1. The zero-order valence-corrected chi connectivity index (χ0v) is 13.3. The second-order valence-electron chi connectivity index (χ2n) is 5.02. The lowest BCUT2D eigenvalue weighted by atomic mass is 10.2. The molecule has 1 N–H and O–H groups in total. The van der Waals surface area contributed by atoms with Gasteiger partial charge in [-0.05, 0) is 31.2 Å². The molecule has 0 spiro atoms. The summed E-state index contributed by atoms with van der Waals surface area (Å²) in [4.78, 5) is 9.02. The lowest BCUT2D eigenvalue weighted by molar-refractivity contribution is 0.580. The van der Waals surface area contributed by atoms with Gasteiger partial charge >= 0.3 is 0 Å². The van der Waals surface area contributed by atoms with Gasteiger partial charge in [0, 0.05) is 33.9 Å². The molecule has 0 atom stereocenters. The molecule has 0 amide bonds. The molecule has 0 radical (unpaired) electrons. The van der Waals surface area contributed by atoms with E-state index < -0.39 is 0 Å². The van der Waals surface area contributed by atoms with Gasteiger partial charge in [-0.15, -0.1) is 0 Å². The van der Waals surface area contributed by atoms with Gasteiger partial charge in [0.05, 0.1) is 5.69 Å². The van der Waals surface area contributed by atoms with E-state index in [9.17, 15) is 0 Å². The van der Waals surface area contributed by atoms with Crippen LogP contribution >= 0.6 is 23.2 Å². The number of nitrogens with zero attached hydrogens (tertiary/aromatic N) is 2. The molecule has 0 saturated heterocycles. The van der Waals surface area contributed by atoms with Crippen LogP contribution in [0.3, 0.4) is 0 Å². The van der Waals surface area contributed by atoms with E-state index in [1.807, 2.05) is 25.1 Å². The molecule has 0 aliphatic carbocycles. The Kier molecular flexibility index (Phi) is 4.97. The number of aryl methyl sites for hydroxylation is 1. The third-order valence-corrected chi connectivity index (χ3v) is 3.16. The van der Waals surface area contributed by atoms with Crippen LogP contribution in [0.5, 0.6) is 0 Å². The van der Waals surface area contributed by atoms with Crippen molar-refractivity contribution in [3.05, 3.63) is 45.7 Å². The second-order valence-corrected chi connectivity index (χ2v) is 5.89.